The Labute approximate surface area is 169 Å². The number of hydrogen-bond acceptors (Lipinski definition) is 7. The molecule has 0 radical (unpaired) electrons. The molecule has 1 amide bonds. The highest BCUT2D eigenvalue weighted by Crippen LogP contribution is 2.44. The summed E-state index contributed by atoms with van der Waals surface area (Å²) in [6, 6.07) is 5.89. The number of rotatable bonds is 6. The molecular weight excluding hydrogens is 374 g/mol. The SMILES string of the molecule is CCN1C[C@@H](COCc2ccccn2)[C@]2(CCN(C(=O)c3nnsc3C)C2)C1. The van der Waals surface area contributed by atoms with Crippen molar-refractivity contribution in [3.05, 3.63) is 40.7 Å². The summed E-state index contributed by atoms with van der Waals surface area (Å²) in [6.07, 6.45) is 2.81. The third kappa shape index (κ3) is 3.81. The van der Waals surface area contributed by atoms with Crippen LogP contribution in [0.5, 0.6) is 0 Å². The minimum Gasteiger partial charge on any atom is -0.375 e. The molecule has 2 fully saturated rings. The summed E-state index contributed by atoms with van der Waals surface area (Å²) in [4.78, 5) is 22.6. The summed E-state index contributed by atoms with van der Waals surface area (Å²) in [6.45, 7) is 9.98. The lowest BCUT2D eigenvalue weighted by Gasteiger charge is -2.30. The molecular formula is C20H27N5O2S. The van der Waals surface area contributed by atoms with Gasteiger partial charge in [0.2, 0.25) is 0 Å². The van der Waals surface area contributed by atoms with E-state index in [1.54, 1.807) is 6.20 Å². The number of ether oxygens (including phenoxy) is 1. The lowest BCUT2D eigenvalue weighted by atomic mass is 9.77. The lowest BCUT2D eigenvalue weighted by molar-refractivity contribution is 0.0482. The zero-order chi connectivity index (χ0) is 19.6. The first kappa shape index (κ1) is 19.4. The van der Waals surface area contributed by atoms with Gasteiger partial charge < -0.3 is 14.5 Å². The molecule has 4 rings (SSSR count). The molecule has 7 nitrogen and oxygen atoms in total. The number of nitrogens with zero attached hydrogens (tertiary/aromatic N) is 5. The van der Waals surface area contributed by atoms with Crippen molar-refractivity contribution >= 4 is 17.4 Å². The average molecular weight is 402 g/mol. The van der Waals surface area contributed by atoms with Crippen molar-refractivity contribution < 1.29 is 9.53 Å². The third-order valence-corrected chi connectivity index (χ3v) is 6.78. The molecule has 2 aromatic heterocycles. The molecule has 4 heterocycles. The Hall–Kier alpha value is -1.90. The summed E-state index contributed by atoms with van der Waals surface area (Å²) in [7, 11) is 0. The molecule has 28 heavy (non-hydrogen) atoms. The van der Waals surface area contributed by atoms with E-state index in [0.29, 0.717) is 24.8 Å². The number of aromatic nitrogens is 3. The highest BCUT2D eigenvalue weighted by molar-refractivity contribution is 7.05. The van der Waals surface area contributed by atoms with E-state index in [1.165, 1.54) is 11.5 Å². The van der Waals surface area contributed by atoms with Crippen molar-refractivity contribution in [2.24, 2.45) is 11.3 Å². The molecule has 1 spiro atoms. The van der Waals surface area contributed by atoms with Crippen molar-refractivity contribution in [2.45, 2.75) is 26.9 Å². The number of likely N-dealkylation sites (tertiary alicyclic amines) is 2. The average Bonchev–Trinajstić information content (AvgIpc) is 3.42. The number of pyridine rings is 1. The van der Waals surface area contributed by atoms with Gasteiger partial charge >= 0.3 is 0 Å². The molecule has 2 aliphatic heterocycles. The number of hydrogen-bond donors (Lipinski definition) is 0. The van der Waals surface area contributed by atoms with Crippen LogP contribution in [0.15, 0.2) is 24.4 Å². The van der Waals surface area contributed by atoms with Gasteiger partial charge in [-0.1, -0.05) is 17.5 Å². The third-order valence-electron chi connectivity index (χ3n) is 6.15. The summed E-state index contributed by atoms with van der Waals surface area (Å²) in [5.74, 6) is 0.440. The van der Waals surface area contributed by atoms with E-state index < -0.39 is 0 Å². The maximum absolute atomic E-state index is 12.9. The van der Waals surface area contributed by atoms with E-state index in [9.17, 15) is 4.79 Å². The van der Waals surface area contributed by atoms with Crippen LogP contribution >= 0.6 is 11.5 Å². The van der Waals surface area contributed by atoms with Gasteiger partial charge in [0.15, 0.2) is 5.69 Å². The number of amides is 1. The minimum atomic E-state index is 0.0197. The Bertz CT molecular complexity index is 814. The van der Waals surface area contributed by atoms with Gasteiger partial charge in [-0.3, -0.25) is 9.78 Å². The van der Waals surface area contributed by atoms with Crippen LogP contribution in [0, 0.1) is 18.3 Å². The van der Waals surface area contributed by atoms with Crippen LogP contribution in [0.4, 0.5) is 0 Å². The highest BCUT2D eigenvalue weighted by Gasteiger charge is 2.51. The Morgan fingerprint density at radius 1 is 1.39 bits per heavy atom. The molecule has 2 saturated heterocycles. The van der Waals surface area contributed by atoms with E-state index in [2.05, 4.69) is 26.4 Å². The molecule has 0 bridgehead atoms. The van der Waals surface area contributed by atoms with E-state index >= 15 is 0 Å². The minimum absolute atomic E-state index is 0.0197. The van der Waals surface area contributed by atoms with Crippen molar-refractivity contribution in [2.75, 3.05) is 39.3 Å². The van der Waals surface area contributed by atoms with Crippen molar-refractivity contribution in [1.82, 2.24) is 24.4 Å². The second-order valence-corrected chi connectivity index (χ2v) is 8.84. The molecule has 0 aliphatic carbocycles. The van der Waals surface area contributed by atoms with Gasteiger partial charge in [-0.05, 0) is 43.6 Å². The highest BCUT2D eigenvalue weighted by atomic mass is 32.1. The van der Waals surface area contributed by atoms with E-state index in [4.69, 9.17) is 4.74 Å². The Morgan fingerprint density at radius 2 is 2.29 bits per heavy atom. The molecule has 0 unspecified atom stereocenters. The van der Waals surface area contributed by atoms with E-state index in [0.717, 1.165) is 49.7 Å². The first-order valence-electron chi connectivity index (χ1n) is 9.89. The summed E-state index contributed by atoms with van der Waals surface area (Å²) in [5.41, 5.74) is 1.57. The Balaban J connectivity index is 1.42. The van der Waals surface area contributed by atoms with Gasteiger partial charge in [0, 0.05) is 43.7 Å². The standard InChI is InChI=1S/C20H27N5O2S/c1-3-24-10-16(11-27-12-17-6-4-5-8-21-17)20(13-24)7-9-25(14-20)19(26)18-15(2)28-23-22-18/h4-6,8,16H,3,7,9-14H2,1-2H3/t16-,20+/m0/s1. The van der Waals surface area contributed by atoms with Crippen LogP contribution in [-0.4, -0.2) is 69.6 Å². The van der Waals surface area contributed by atoms with Crippen LogP contribution < -0.4 is 0 Å². The van der Waals surface area contributed by atoms with Gasteiger partial charge in [0.05, 0.1) is 23.8 Å². The van der Waals surface area contributed by atoms with E-state index in [1.807, 2.05) is 30.0 Å². The first-order chi connectivity index (χ1) is 13.6. The number of aryl methyl sites for hydroxylation is 1. The van der Waals surface area contributed by atoms with Gasteiger partial charge in [-0.15, -0.1) is 5.10 Å². The second kappa shape index (κ2) is 8.23. The predicted octanol–water partition coefficient (Wildman–Crippen LogP) is 2.24. The van der Waals surface area contributed by atoms with Crippen molar-refractivity contribution in [3.63, 3.8) is 0 Å². The summed E-state index contributed by atoms with van der Waals surface area (Å²) in [5, 5.41) is 4.04. The largest absolute Gasteiger partial charge is 0.375 e. The van der Waals surface area contributed by atoms with E-state index in [-0.39, 0.29) is 11.3 Å². The molecule has 8 heteroatoms. The zero-order valence-corrected chi connectivity index (χ0v) is 17.3. The maximum Gasteiger partial charge on any atom is 0.275 e. The van der Waals surface area contributed by atoms with Crippen molar-refractivity contribution in [1.29, 1.82) is 0 Å². The summed E-state index contributed by atoms with van der Waals surface area (Å²) >= 11 is 1.29. The van der Waals surface area contributed by atoms with Gasteiger partial charge in [0.25, 0.3) is 5.91 Å². The summed E-state index contributed by atoms with van der Waals surface area (Å²) < 4.78 is 9.98. The zero-order valence-electron chi connectivity index (χ0n) is 16.5. The topological polar surface area (TPSA) is 71.5 Å². The number of carbonyl (C=O) groups is 1. The number of carbonyl (C=O) groups excluding carboxylic acids is 1. The Morgan fingerprint density at radius 3 is 3.00 bits per heavy atom. The van der Waals surface area contributed by atoms with Gasteiger partial charge in [-0.25, -0.2) is 0 Å². The fraction of sp³-hybridized carbons (Fsp3) is 0.600. The predicted molar refractivity (Wildman–Crippen MR) is 107 cm³/mol. The van der Waals surface area contributed by atoms with Crippen LogP contribution in [0.1, 0.15) is 34.4 Å². The van der Waals surface area contributed by atoms with Crippen LogP contribution in [-0.2, 0) is 11.3 Å². The van der Waals surface area contributed by atoms with Crippen molar-refractivity contribution in [3.8, 4) is 0 Å². The molecule has 150 valence electrons. The molecule has 2 atom stereocenters. The monoisotopic (exact) mass is 401 g/mol. The molecule has 2 aliphatic rings. The fourth-order valence-electron chi connectivity index (χ4n) is 4.51. The smallest absolute Gasteiger partial charge is 0.275 e. The first-order valence-corrected chi connectivity index (χ1v) is 10.7. The molecule has 2 aromatic rings. The van der Waals surface area contributed by atoms with Crippen LogP contribution in [0.2, 0.25) is 0 Å². The van der Waals surface area contributed by atoms with Crippen LogP contribution in [0.25, 0.3) is 0 Å². The van der Waals surface area contributed by atoms with Crippen LogP contribution in [0.3, 0.4) is 0 Å². The fourth-order valence-corrected chi connectivity index (χ4v) is 4.97. The molecule has 0 aromatic carbocycles. The normalized spacial score (nSPS) is 25.1. The maximum atomic E-state index is 12.9. The Kier molecular flexibility index (Phi) is 5.70. The van der Waals surface area contributed by atoms with Gasteiger partial charge in [-0.2, -0.15) is 0 Å². The lowest BCUT2D eigenvalue weighted by Crippen LogP contribution is -2.38. The quantitative estimate of drug-likeness (QED) is 0.739. The molecule has 0 saturated carbocycles. The van der Waals surface area contributed by atoms with Gasteiger partial charge in [0.1, 0.15) is 0 Å². The second-order valence-electron chi connectivity index (χ2n) is 7.88. The molecule has 0 N–H and O–H groups in total.